The second-order valence-corrected chi connectivity index (χ2v) is 13.0. The average molecular weight is 555 g/mol. The third-order valence-electron chi connectivity index (χ3n) is 7.10. The molecule has 0 aliphatic carbocycles. The first kappa shape index (κ1) is 26.4. The molecule has 2 aliphatic rings. The zero-order valence-electron chi connectivity index (χ0n) is 21.6. The fourth-order valence-corrected chi connectivity index (χ4v) is 7.51. The largest absolute Gasteiger partial charge is 0.349 e. The summed E-state index contributed by atoms with van der Waals surface area (Å²) in [6.45, 7) is 1.92. The Hall–Kier alpha value is -3.24. The monoisotopic (exact) mass is 554 g/mol. The maximum absolute atomic E-state index is 13.6. The van der Waals surface area contributed by atoms with E-state index in [0.29, 0.717) is 21.5 Å². The van der Waals surface area contributed by atoms with Gasteiger partial charge in [-0.3, -0.25) is 9.59 Å². The number of carbonyl (C=O) groups is 2. The molecule has 12 heteroatoms. The molecular weight excluding hydrogens is 524 g/mol. The minimum absolute atomic E-state index is 0.00640. The van der Waals surface area contributed by atoms with E-state index < -0.39 is 16.1 Å². The number of H-pyrrole nitrogens is 1. The topological polar surface area (TPSA) is 110 Å². The molecule has 4 heterocycles. The van der Waals surface area contributed by atoms with Crippen LogP contribution in [0.5, 0.6) is 0 Å². The number of aromatic amines is 1. The van der Waals surface area contributed by atoms with Gasteiger partial charge >= 0.3 is 0 Å². The Morgan fingerprint density at radius 1 is 1.24 bits per heavy atom. The van der Waals surface area contributed by atoms with Crippen molar-refractivity contribution in [2.45, 2.75) is 30.5 Å². The van der Waals surface area contributed by atoms with E-state index >= 15 is 0 Å². The van der Waals surface area contributed by atoms with Crippen LogP contribution in [0.3, 0.4) is 0 Å². The van der Waals surface area contributed by atoms with Crippen molar-refractivity contribution < 1.29 is 18.0 Å². The summed E-state index contributed by atoms with van der Waals surface area (Å²) in [4.78, 5) is 40.2. The fourth-order valence-electron chi connectivity index (χ4n) is 4.88. The molecular formula is C26H30N6O4S2. The van der Waals surface area contributed by atoms with Crippen LogP contribution in [0.1, 0.15) is 32.4 Å². The number of likely N-dealkylation sites (N-methyl/N-ethyl adjacent to an activating group) is 1. The van der Waals surface area contributed by atoms with Gasteiger partial charge in [-0.05, 0) is 31.3 Å². The molecule has 200 valence electrons. The number of terminal acetylenes is 1. The van der Waals surface area contributed by atoms with Gasteiger partial charge in [-0.2, -0.15) is 4.31 Å². The predicted molar refractivity (Wildman–Crippen MR) is 145 cm³/mol. The number of nitrogens with zero attached hydrogens (tertiary/aromatic N) is 5. The van der Waals surface area contributed by atoms with E-state index in [-0.39, 0.29) is 42.9 Å². The van der Waals surface area contributed by atoms with E-state index in [1.165, 1.54) is 20.5 Å². The number of hydrogen-bond donors (Lipinski definition) is 1. The van der Waals surface area contributed by atoms with Crippen molar-refractivity contribution in [2.24, 2.45) is 0 Å². The van der Waals surface area contributed by atoms with Gasteiger partial charge < -0.3 is 19.7 Å². The zero-order chi connectivity index (χ0) is 27.2. The van der Waals surface area contributed by atoms with Gasteiger partial charge in [0, 0.05) is 81.0 Å². The van der Waals surface area contributed by atoms with Crippen molar-refractivity contribution in [3.63, 3.8) is 0 Å². The minimum Gasteiger partial charge on any atom is -0.349 e. The van der Waals surface area contributed by atoms with Gasteiger partial charge in [-0.25, -0.2) is 13.4 Å². The number of benzene rings is 1. The molecule has 5 rings (SSSR count). The summed E-state index contributed by atoms with van der Waals surface area (Å²) in [7, 11) is 1.42. The molecule has 0 spiro atoms. The molecule has 0 saturated carbocycles. The summed E-state index contributed by atoms with van der Waals surface area (Å²) in [5.41, 5.74) is 2.27. The average Bonchev–Trinajstić information content (AvgIpc) is 3.52. The highest BCUT2D eigenvalue weighted by Crippen LogP contribution is 2.29. The van der Waals surface area contributed by atoms with Crippen LogP contribution in [0, 0.1) is 12.3 Å². The van der Waals surface area contributed by atoms with Crippen LogP contribution in [0.4, 0.5) is 0 Å². The molecule has 0 bridgehead atoms. The van der Waals surface area contributed by atoms with Crippen molar-refractivity contribution in [3.05, 3.63) is 45.4 Å². The Morgan fingerprint density at radius 3 is 2.76 bits per heavy atom. The standard InChI is InChI=1S/C26H30N6O4S2/c1-5-17-6-7-20-18(12-17)13-23(27-20)38(35,36)31-10-11-32(19(15-31)14-24(33)29(2)3)26(34)25-28-21-8-9-30(4)16-22(21)37-25/h1,6-7,12-13,19,27H,8-11,14-16H2,2-4H3. The Balaban J connectivity index is 1.41. The van der Waals surface area contributed by atoms with Crippen LogP contribution in [0.25, 0.3) is 10.9 Å². The lowest BCUT2D eigenvalue weighted by Crippen LogP contribution is -2.57. The molecule has 1 fully saturated rings. The number of carbonyl (C=O) groups excluding carboxylic acids is 2. The van der Waals surface area contributed by atoms with Crippen LogP contribution >= 0.6 is 11.3 Å². The molecule has 38 heavy (non-hydrogen) atoms. The maximum atomic E-state index is 13.6. The van der Waals surface area contributed by atoms with Crippen LogP contribution in [0.2, 0.25) is 0 Å². The lowest BCUT2D eigenvalue weighted by molar-refractivity contribution is -0.130. The Labute approximate surface area is 226 Å². The third-order valence-corrected chi connectivity index (χ3v) is 9.96. The molecule has 10 nitrogen and oxygen atoms in total. The number of sulfonamides is 1. The van der Waals surface area contributed by atoms with Crippen molar-refractivity contribution >= 4 is 44.1 Å². The van der Waals surface area contributed by atoms with Gasteiger partial charge in [0.1, 0.15) is 5.03 Å². The van der Waals surface area contributed by atoms with Gasteiger partial charge in [0.05, 0.1) is 11.7 Å². The molecule has 1 unspecified atom stereocenters. The second kappa shape index (κ2) is 10.1. The minimum atomic E-state index is -3.91. The van der Waals surface area contributed by atoms with E-state index in [9.17, 15) is 18.0 Å². The molecule has 0 radical (unpaired) electrons. The van der Waals surface area contributed by atoms with E-state index in [0.717, 1.165) is 30.1 Å². The molecule has 1 aromatic carbocycles. The number of thiazole rings is 1. The third kappa shape index (κ3) is 4.94. The Morgan fingerprint density at radius 2 is 2.03 bits per heavy atom. The summed E-state index contributed by atoms with van der Waals surface area (Å²) in [6.07, 6.45) is 6.28. The quantitative estimate of drug-likeness (QED) is 0.480. The fraction of sp³-hybridized carbons (Fsp3) is 0.423. The van der Waals surface area contributed by atoms with Gasteiger partial charge in [0.15, 0.2) is 5.01 Å². The summed E-state index contributed by atoms with van der Waals surface area (Å²) < 4.78 is 28.6. The van der Waals surface area contributed by atoms with Gasteiger partial charge in [0.2, 0.25) is 5.91 Å². The summed E-state index contributed by atoms with van der Waals surface area (Å²) in [5.74, 6) is 2.12. The van der Waals surface area contributed by atoms with Crippen LogP contribution in [0.15, 0.2) is 29.3 Å². The molecule has 1 atom stereocenters. The first-order valence-electron chi connectivity index (χ1n) is 12.3. The van der Waals surface area contributed by atoms with Crippen molar-refractivity contribution in [2.75, 3.05) is 47.3 Å². The zero-order valence-corrected chi connectivity index (χ0v) is 23.2. The second-order valence-electron chi connectivity index (χ2n) is 9.96. The number of aromatic nitrogens is 2. The predicted octanol–water partition coefficient (Wildman–Crippen LogP) is 1.59. The molecule has 1 saturated heterocycles. The number of rotatable bonds is 5. The van der Waals surface area contributed by atoms with Gasteiger partial charge in [-0.1, -0.05) is 5.92 Å². The molecule has 1 N–H and O–H groups in total. The smallest absolute Gasteiger partial charge is 0.283 e. The first-order chi connectivity index (χ1) is 18.1. The number of piperazine rings is 1. The van der Waals surface area contributed by atoms with Crippen molar-refractivity contribution in [1.82, 2.24) is 29.0 Å². The number of amides is 2. The van der Waals surface area contributed by atoms with E-state index in [1.807, 2.05) is 7.05 Å². The highest BCUT2D eigenvalue weighted by Gasteiger charge is 2.39. The number of hydrogen-bond acceptors (Lipinski definition) is 7. The molecule has 2 aromatic heterocycles. The summed E-state index contributed by atoms with van der Waals surface area (Å²) in [5, 5.41) is 1.14. The van der Waals surface area contributed by atoms with Crippen LogP contribution < -0.4 is 0 Å². The van der Waals surface area contributed by atoms with E-state index in [1.54, 1.807) is 43.3 Å². The van der Waals surface area contributed by atoms with Crippen LogP contribution in [-0.4, -0.2) is 103 Å². The SMILES string of the molecule is C#Cc1ccc2[nH]c(S(=O)(=O)N3CCN(C(=O)c4nc5c(s4)CN(C)CC5)C(CC(=O)N(C)C)C3)cc2c1. The van der Waals surface area contributed by atoms with E-state index in [4.69, 9.17) is 6.42 Å². The normalized spacial score (nSPS) is 18.8. The van der Waals surface area contributed by atoms with Gasteiger partial charge in [-0.15, -0.1) is 17.8 Å². The molecule has 2 aliphatic heterocycles. The Bertz CT molecular complexity index is 1550. The highest BCUT2D eigenvalue weighted by atomic mass is 32.2. The maximum Gasteiger partial charge on any atom is 0.283 e. The first-order valence-corrected chi connectivity index (χ1v) is 14.6. The van der Waals surface area contributed by atoms with E-state index in [2.05, 4.69) is 20.8 Å². The lowest BCUT2D eigenvalue weighted by Gasteiger charge is -2.40. The van der Waals surface area contributed by atoms with Crippen molar-refractivity contribution in [1.29, 1.82) is 0 Å². The number of fused-ring (bicyclic) bond motifs is 2. The summed E-state index contributed by atoms with van der Waals surface area (Å²) in [6, 6.07) is 6.20. The highest BCUT2D eigenvalue weighted by molar-refractivity contribution is 7.89. The summed E-state index contributed by atoms with van der Waals surface area (Å²) >= 11 is 1.39. The van der Waals surface area contributed by atoms with Crippen LogP contribution in [-0.2, 0) is 27.8 Å². The molecule has 3 aromatic rings. The lowest BCUT2D eigenvalue weighted by atomic mass is 10.1. The number of nitrogens with one attached hydrogen (secondary N) is 1. The molecule has 2 amide bonds. The van der Waals surface area contributed by atoms with Gasteiger partial charge in [0.25, 0.3) is 15.9 Å². The Kier molecular flexibility index (Phi) is 7.04. The van der Waals surface area contributed by atoms with Crippen molar-refractivity contribution in [3.8, 4) is 12.3 Å².